The van der Waals surface area contributed by atoms with Crippen LogP contribution in [0.3, 0.4) is 0 Å². The first-order valence-corrected chi connectivity index (χ1v) is 4.27. The van der Waals surface area contributed by atoms with E-state index in [1.807, 2.05) is 0 Å². The summed E-state index contributed by atoms with van der Waals surface area (Å²) in [5.41, 5.74) is 0. The van der Waals surface area contributed by atoms with Gasteiger partial charge in [-0.25, -0.2) is 9.44 Å². The van der Waals surface area contributed by atoms with Gasteiger partial charge >= 0.3 is 40.0 Å². The van der Waals surface area contributed by atoms with E-state index in [0.29, 0.717) is 12.3 Å². The van der Waals surface area contributed by atoms with Crippen molar-refractivity contribution in [3.63, 3.8) is 0 Å². The molecule has 11 heavy (non-hydrogen) atoms. The predicted octanol–water partition coefficient (Wildman–Crippen LogP) is -0.282. The van der Waals surface area contributed by atoms with E-state index in [2.05, 4.69) is 8.52 Å². The third kappa shape index (κ3) is 9.03. The Balaban J connectivity index is 0. The van der Waals surface area contributed by atoms with E-state index < -0.39 is 10.4 Å². The van der Waals surface area contributed by atoms with E-state index in [-0.39, 0.29) is 36.2 Å². The minimum absolute atomic E-state index is 0. The van der Waals surface area contributed by atoms with Crippen molar-refractivity contribution in [3.05, 3.63) is 0 Å². The SMILES string of the molecule is O=S(=O)(OO)OCCCCl.[NaH]. The topological polar surface area (TPSA) is 72.8 Å². The molecule has 8 heteroatoms. The van der Waals surface area contributed by atoms with Crippen LogP contribution in [0.25, 0.3) is 0 Å². The summed E-state index contributed by atoms with van der Waals surface area (Å²) in [4.78, 5) is 0. The molecule has 0 saturated carbocycles. The predicted molar refractivity (Wildman–Crippen MR) is 41.1 cm³/mol. The second kappa shape index (κ2) is 7.75. The molecule has 5 nitrogen and oxygen atoms in total. The number of halogens is 1. The van der Waals surface area contributed by atoms with E-state index in [1.54, 1.807) is 0 Å². The van der Waals surface area contributed by atoms with Gasteiger partial charge in [0, 0.05) is 5.88 Å². The molecule has 0 aliphatic rings. The van der Waals surface area contributed by atoms with Crippen molar-refractivity contribution in [1.29, 1.82) is 0 Å². The zero-order chi connectivity index (χ0) is 8.04. The van der Waals surface area contributed by atoms with E-state index in [1.165, 1.54) is 0 Å². The summed E-state index contributed by atoms with van der Waals surface area (Å²) < 4.78 is 27.3. The van der Waals surface area contributed by atoms with Crippen LogP contribution < -0.4 is 0 Å². The van der Waals surface area contributed by atoms with E-state index in [9.17, 15) is 8.42 Å². The Bertz CT molecular complexity index is 169. The monoisotopic (exact) mass is 214 g/mol. The van der Waals surface area contributed by atoms with Crippen LogP contribution in [0.2, 0.25) is 0 Å². The van der Waals surface area contributed by atoms with Gasteiger partial charge in [0.2, 0.25) is 0 Å². The molecule has 0 aromatic heterocycles. The second-order valence-electron chi connectivity index (χ2n) is 1.35. The number of alkyl halides is 1. The van der Waals surface area contributed by atoms with Gasteiger partial charge in [0.1, 0.15) is 0 Å². The Hall–Kier alpha value is 1.12. The maximum absolute atomic E-state index is 10.1. The van der Waals surface area contributed by atoms with Crippen LogP contribution in [0.5, 0.6) is 0 Å². The molecular formula is C3H8ClNaO5S. The van der Waals surface area contributed by atoms with Crippen LogP contribution >= 0.6 is 11.6 Å². The molecule has 64 valence electrons. The summed E-state index contributed by atoms with van der Waals surface area (Å²) in [5, 5.41) is 7.65. The first kappa shape index (κ1) is 14.6. The van der Waals surface area contributed by atoms with E-state index in [0.717, 1.165) is 0 Å². The fourth-order valence-corrected chi connectivity index (χ4v) is 0.711. The molecule has 0 heterocycles. The second-order valence-corrected chi connectivity index (χ2v) is 2.93. The van der Waals surface area contributed by atoms with Gasteiger partial charge in [-0.15, -0.1) is 11.6 Å². The van der Waals surface area contributed by atoms with Crippen molar-refractivity contribution < 1.29 is 22.2 Å². The van der Waals surface area contributed by atoms with Gasteiger partial charge in [0.05, 0.1) is 6.61 Å². The molecule has 0 aromatic carbocycles. The van der Waals surface area contributed by atoms with Crippen molar-refractivity contribution >= 4 is 51.6 Å². The van der Waals surface area contributed by atoms with Crippen LogP contribution in [0.1, 0.15) is 6.42 Å². The first-order valence-electron chi connectivity index (χ1n) is 2.41. The first-order chi connectivity index (χ1) is 4.62. The van der Waals surface area contributed by atoms with Crippen molar-refractivity contribution in [3.8, 4) is 0 Å². The number of rotatable bonds is 5. The Kier molecular flexibility index (Phi) is 10.3. The Morgan fingerprint density at radius 2 is 2.00 bits per heavy atom. The fourth-order valence-electron chi connectivity index (χ4n) is 0.237. The molecule has 0 atom stereocenters. The molecule has 0 fully saturated rings. The summed E-state index contributed by atoms with van der Waals surface area (Å²) >= 11 is 5.20. The summed E-state index contributed by atoms with van der Waals surface area (Å²) in [6, 6.07) is 0. The molecule has 0 spiro atoms. The van der Waals surface area contributed by atoms with Crippen molar-refractivity contribution in [2.45, 2.75) is 6.42 Å². The van der Waals surface area contributed by atoms with Gasteiger partial charge in [-0.1, -0.05) is 4.33 Å². The van der Waals surface area contributed by atoms with Crippen molar-refractivity contribution in [2.24, 2.45) is 0 Å². The average molecular weight is 215 g/mol. The van der Waals surface area contributed by atoms with Gasteiger partial charge in [0.25, 0.3) is 0 Å². The Morgan fingerprint density at radius 3 is 2.36 bits per heavy atom. The summed E-state index contributed by atoms with van der Waals surface area (Å²) in [7, 11) is -4.19. The molecule has 0 bridgehead atoms. The van der Waals surface area contributed by atoms with E-state index >= 15 is 0 Å². The van der Waals surface area contributed by atoms with Crippen LogP contribution in [0, 0.1) is 0 Å². The molecule has 0 rings (SSSR count). The fraction of sp³-hybridized carbons (Fsp3) is 1.00. The quantitative estimate of drug-likeness (QED) is 0.224. The summed E-state index contributed by atoms with van der Waals surface area (Å²) in [5.74, 6) is 0.293. The summed E-state index contributed by atoms with van der Waals surface area (Å²) in [6.07, 6.45) is 0.379. The van der Waals surface area contributed by atoms with Gasteiger partial charge in [-0.3, -0.25) is 0 Å². The Morgan fingerprint density at radius 1 is 1.45 bits per heavy atom. The molecule has 0 amide bonds. The molecule has 0 aromatic rings. The van der Waals surface area contributed by atoms with Gasteiger partial charge in [0.15, 0.2) is 0 Å². The molecule has 0 saturated heterocycles. The Labute approximate surface area is 92.2 Å². The third-order valence-corrected chi connectivity index (χ3v) is 1.50. The zero-order valence-electron chi connectivity index (χ0n) is 4.99. The molecule has 1 N–H and O–H groups in total. The van der Waals surface area contributed by atoms with E-state index in [4.69, 9.17) is 16.9 Å². The van der Waals surface area contributed by atoms with Crippen molar-refractivity contribution in [1.82, 2.24) is 0 Å². The van der Waals surface area contributed by atoms with Gasteiger partial charge in [-0.05, 0) is 6.42 Å². The number of hydrogen-bond donors (Lipinski definition) is 1. The third-order valence-electron chi connectivity index (χ3n) is 0.597. The standard InChI is InChI=1S/C3H7ClO5S.Na.H/c4-2-1-3-8-10(6,7)9-5;;/h5H,1-3H2;;. The maximum atomic E-state index is 10.1. The minimum atomic E-state index is -4.19. The van der Waals surface area contributed by atoms with Gasteiger partial charge < -0.3 is 0 Å². The average Bonchev–Trinajstić information content (AvgIpc) is 1.89. The van der Waals surface area contributed by atoms with Crippen LogP contribution in [0.4, 0.5) is 0 Å². The van der Waals surface area contributed by atoms with Crippen LogP contribution in [-0.4, -0.2) is 55.7 Å². The zero-order valence-corrected chi connectivity index (χ0v) is 6.56. The normalized spacial score (nSPS) is 10.7. The summed E-state index contributed by atoms with van der Waals surface area (Å²) in [6.45, 7) is -0.0909. The molecule has 0 aliphatic carbocycles. The van der Waals surface area contributed by atoms with Crippen LogP contribution in [0.15, 0.2) is 0 Å². The molecule has 0 aliphatic heterocycles. The van der Waals surface area contributed by atoms with Crippen molar-refractivity contribution in [2.75, 3.05) is 12.5 Å². The molecular weight excluding hydrogens is 207 g/mol. The molecule has 0 unspecified atom stereocenters. The molecule has 0 radical (unpaired) electrons. The number of hydrogen-bond acceptors (Lipinski definition) is 5. The van der Waals surface area contributed by atoms with Gasteiger partial charge in [-0.2, -0.15) is 8.42 Å². The van der Waals surface area contributed by atoms with Crippen LogP contribution in [-0.2, 0) is 18.9 Å².